The molecule has 1 saturated heterocycles. The monoisotopic (exact) mass is 531 g/mol. The first-order valence-corrected chi connectivity index (χ1v) is 11.9. The van der Waals surface area contributed by atoms with Gasteiger partial charge in [0.25, 0.3) is 0 Å². The van der Waals surface area contributed by atoms with Crippen LogP contribution >= 0.6 is 11.6 Å². The van der Waals surface area contributed by atoms with E-state index >= 15 is 0 Å². The second-order valence-corrected chi connectivity index (χ2v) is 8.79. The van der Waals surface area contributed by atoms with Gasteiger partial charge in [0.1, 0.15) is 17.9 Å². The van der Waals surface area contributed by atoms with Crippen LogP contribution in [-0.4, -0.2) is 71.1 Å². The number of amides is 4. The molecule has 11 nitrogen and oxygen atoms in total. The van der Waals surface area contributed by atoms with Crippen molar-refractivity contribution in [3.63, 3.8) is 0 Å². The molecule has 0 aromatic heterocycles. The molecule has 0 spiro atoms. The Balaban J connectivity index is 1.81. The largest absolute Gasteiger partial charge is 0.496 e. The Kier molecular flexibility index (Phi) is 9.07. The summed E-state index contributed by atoms with van der Waals surface area (Å²) < 4.78 is 5.34. The van der Waals surface area contributed by atoms with Crippen LogP contribution in [0.2, 0.25) is 5.02 Å². The fourth-order valence-electron chi connectivity index (χ4n) is 3.92. The molecule has 0 radical (unpaired) electrons. The zero-order valence-corrected chi connectivity index (χ0v) is 21.0. The molecule has 4 amide bonds. The first kappa shape index (κ1) is 27.5. The molecule has 1 unspecified atom stereocenters. The van der Waals surface area contributed by atoms with Crippen LogP contribution in [0.1, 0.15) is 29.3 Å². The Morgan fingerprint density at radius 1 is 1.24 bits per heavy atom. The molecule has 196 valence electrons. The highest BCUT2D eigenvalue weighted by Crippen LogP contribution is 2.26. The minimum Gasteiger partial charge on any atom is -0.496 e. The lowest BCUT2D eigenvalue weighted by Crippen LogP contribution is -2.72. The fraction of sp³-hybridized carbons (Fsp3) is 0.320. The van der Waals surface area contributed by atoms with Crippen LogP contribution in [0.25, 0.3) is 0 Å². The average molecular weight is 532 g/mol. The van der Waals surface area contributed by atoms with Crippen LogP contribution in [0.3, 0.4) is 0 Å². The van der Waals surface area contributed by atoms with Gasteiger partial charge in [-0.15, -0.1) is 0 Å². The summed E-state index contributed by atoms with van der Waals surface area (Å²) >= 11 is 6.10. The van der Waals surface area contributed by atoms with Gasteiger partial charge in [-0.3, -0.25) is 14.5 Å². The predicted molar refractivity (Wildman–Crippen MR) is 134 cm³/mol. The molecule has 0 bridgehead atoms. The highest BCUT2D eigenvalue weighted by Gasteiger charge is 2.36. The minimum atomic E-state index is -1.20. The number of carbonyl (C=O) groups excluding carboxylic acids is 3. The van der Waals surface area contributed by atoms with E-state index in [1.807, 2.05) is 0 Å². The lowest BCUT2D eigenvalue weighted by Gasteiger charge is -2.24. The lowest BCUT2D eigenvalue weighted by atomic mass is 9.97. The van der Waals surface area contributed by atoms with Gasteiger partial charge in [0.15, 0.2) is 6.04 Å². The molecule has 0 saturated carbocycles. The van der Waals surface area contributed by atoms with Gasteiger partial charge in [0, 0.05) is 17.6 Å². The Labute approximate surface area is 218 Å². The first-order valence-electron chi connectivity index (χ1n) is 11.5. The van der Waals surface area contributed by atoms with Crippen molar-refractivity contribution < 1.29 is 39.1 Å². The van der Waals surface area contributed by atoms with E-state index in [0.717, 1.165) is 4.90 Å². The number of aliphatic hydroxyl groups is 1. The van der Waals surface area contributed by atoms with Crippen LogP contribution in [-0.2, 0) is 16.0 Å². The molecular formula is C25H28ClN4O7+. The third kappa shape index (κ3) is 6.76. The maximum Gasteiger partial charge on any atom is 0.361 e. The number of ether oxygens (including phenoxy) is 1. The van der Waals surface area contributed by atoms with E-state index in [-0.39, 0.29) is 30.6 Å². The van der Waals surface area contributed by atoms with Crippen LogP contribution in [0, 0.1) is 5.92 Å². The molecule has 37 heavy (non-hydrogen) atoms. The summed E-state index contributed by atoms with van der Waals surface area (Å²) in [6, 6.07) is 9.06. The molecular weight excluding hydrogens is 504 g/mol. The molecule has 2 atom stereocenters. The molecule has 12 heteroatoms. The van der Waals surface area contributed by atoms with Gasteiger partial charge >= 0.3 is 17.9 Å². The number of benzene rings is 2. The average Bonchev–Trinajstić information content (AvgIpc) is 3.01. The number of nitrogens with one attached hydrogen (secondary N) is 3. The molecule has 0 aliphatic carbocycles. The van der Waals surface area contributed by atoms with Crippen LogP contribution in [0.4, 0.5) is 10.5 Å². The first-order chi connectivity index (χ1) is 17.6. The zero-order valence-electron chi connectivity index (χ0n) is 20.3. The van der Waals surface area contributed by atoms with Crippen molar-refractivity contribution in [1.29, 1.82) is 0 Å². The number of carbonyl (C=O) groups is 4. The highest BCUT2D eigenvalue weighted by molar-refractivity contribution is 6.30. The lowest BCUT2D eigenvalue weighted by molar-refractivity contribution is -0.368. The molecule has 5 N–H and O–H groups in total. The number of aromatic carboxylic acids is 1. The van der Waals surface area contributed by atoms with Gasteiger partial charge in [-0.2, -0.15) is 4.99 Å². The number of rotatable bonds is 8. The van der Waals surface area contributed by atoms with Crippen LogP contribution in [0.5, 0.6) is 5.75 Å². The topological polar surface area (TPSA) is 159 Å². The summed E-state index contributed by atoms with van der Waals surface area (Å²) in [6.45, 7) is 1.19. The number of imide groups is 1. The van der Waals surface area contributed by atoms with Crippen LogP contribution < -0.4 is 20.4 Å². The number of hydrogen-bond donors (Lipinski definition) is 5. The summed E-state index contributed by atoms with van der Waals surface area (Å²) in [4.78, 5) is 53.6. The number of carboxylic acid groups (broad SMARTS) is 1. The van der Waals surface area contributed by atoms with E-state index in [1.165, 1.54) is 25.3 Å². The standard InChI is InChI=1S/C25H27ClN4O7/c1-3-18(22(32)28-19-7-5-4-6-17(19)24(34)35)29-25(36)30-13-21(31)27-12-15(23(30)33)10-14-11-16(26)8-9-20(14)37-2/h4-9,11,15,18H,3,10,12-13H2,1-2H3,(H,27,31)(H,28,32)(H,29,36)(H,34,35)/p+1/t15?,18-/m1/s1. The quantitative estimate of drug-likeness (QED) is 0.251. The highest BCUT2D eigenvalue weighted by atomic mass is 35.5. The molecule has 1 heterocycles. The third-order valence-corrected chi connectivity index (χ3v) is 6.11. The van der Waals surface area contributed by atoms with Crippen molar-refractivity contribution in [3.8, 4) is 5.75 Å². The number of para-hydroxylation sites is 1. The molecule has 1 fully saturated rings. The number of hydrogen-bond acceptors (Lipinski definition) is 5. The van der Waals surface area contributed by atoms with E-state index in [4.69, 9.17) is 16.3 Å². The number of halogens is 1. The minimum absolute atomic E-state index is 0.0131. The summed E-state index contributed by atoms with van der Waals surface area (Å²) in [5.41, 5.74) is 0.693. The number of aliphatic hydroxyl groups excluding tert-OH is 1. The van der Waals surface area contributed by atoms with Crippen LogP contribution in [0.15, 0.2) is 42.5 Å². The molecule has 1 aliphatic heterocycles. The maximum absolute atomic E-state index is 13.3. The number of carboxylic acids is 1. The smallest absolute Gasteiger partial charge is 0.361 e. The Morgan fingerprint density at radius 2 is 1.97 bits per heavy atom. The molecule has 3 rings (SSSR count). The van der Waals surface area contributed by atoms with E-state index in [9.17, 15) is 29.4 Å². The summed E-state index contributed by atoms with van der Waals surface area (Å²) in [5.74, 6) is -2.98. The molecule has 2 aromatic carbocycles. The SMILES string of the molecule is CC[C@@H](NC(=O)N1CC(=O)NCC(Cc2cc(Cl)ccc2OC)C1=O)C(O)=[NH+]c1ccccc1C(=O)O. The van der Waals surface area contributed by atoms with Gasteiger partial charge in [-0.1, -0.05) is 30.7 Å². The molecule has 1 aliphatic rings. The number of nitrogens with zero attached hydrogens (tertiary/aromatic N) is 1. The Hall–Kier alpha value is -4.12. The van der Waals surface area contributed by atoms with Gasteiger partial charge < -0.3 is 25.6 Å². The second kappa shape index (κ2) is 12.2. The van der Waals surface area contributed by atoms with Crippen molar-refractivity contribution in [2.45, 2.75) is 25.8 Å². The van der Waals surface area contributed by atoms with Crippen molar-refractivity contribution >= 4 is 47.0 Å². The second-order valence-electron chi connectivity index (χ2n) is 8.36. The van der Waals surface area contributed by atoms with Crippen molar-refractivity contribution in [3.05, 3.63) is 58.6 Å². The normalized spacial score (nSPS) is 17.0. The summed E-state index contributed by atoms with van der Waals surface area (Å²) in [5, 5.41) is 25.6. The Morgan fingerprint density at radius 3 is 2.65 bits per heavy atom. The fourth-order valence-corrected chi connectivity index (χ4v) is 4.11. The number of methoxy groups -OCH3 is 1. The van der Waals surface area contributed by atoms with Crippen molar-refractivity contribution in [2.24, 2.45) is 5.92 Å². The van der Waals surface area contributed by atoms with E-state index in [1.54, 1.807) is 31.2 Å². The molecule has 2 aromatic rings. The Bertz CT molecular complexity index is 1230. The third-order valence-electron chi connectivity index (χ3n) is 5.87. The van der Waals surface area contributed by atoms with Crippen molar-refractivity contribution in [1.82, 2.24) is 15.5 Å². The van der Waals surface area contributed by atoms with Crippen molar-refractivity contribution in [2.75, 3.05) is 20.2 Å². The zero-order chi connectivity index (χ0) is 27.1. The number of urea groups is 1. The van der Waals surface area contributed by atoms with E-state index in [2.05, 4.69) is 15.6 Å². The van der Waals surface area contributed by atoms with Gasteiger partial charge in [0.05, 0.1) is 13.0 Å². The summed E-state index contributed by atoms with van der Waals surface area (Å²) in [6.07, 6.45) is 0.367. The van der Waals surface area contributed by atoms with Gasteiger partial charge in [-0.05, 0) is 42.7 Å². The van der Waals surface area contributed by atoms with Gasteiger partial charge in [-0.25, -0.2) is 9.59 Å². The predicted octanol–water partition coefficient (Wildman–Crippen LogP) is 1.02. The maximum atomic E-state index is 13.3. The van der Waals surface area contributed by atoms with Gasteiger partial charge in [0.2, 0.25) is 17.5 Å². The summed E-state index contributed by atoms with van der Waals surface area (Å²) in [7, 11) is 1.49. The van der Waals surface area contributed by atoms with E-state index in [0.29, 0.717) is 16.3 Å². The van der Waals surface area contributed by atoms with E-state index < -0.39 is 48.2 Å².